The molecule has 1 unspecified atom stereocenters. The third-order valence-corrected chi connectivity index (χ3v) is 4.44. The van der Waals surface area contributed by atoms with Gasteiger partial charge in [-0.1, -0.05) is 30.3 Å². The van der Waals surface area contributed by atoms with E-state index in [2.05, 4.69) is 5.32 Å². The number of anilines is 1. The summed E-state index contributed by atoms with van der Waals surface area (Å²) in [4.78, 5) is 24.5. The lowest BCUT2D eigenvalue weighted by Gasteiger charge is -2.14. The predicted molar refractivity (Wildman–Crippen MR) is 108 cm³/mol. The molecule has 0 aliphatic carbocycles. The van der Waals surface area contributed by atoms with E-state index in [0.29, 0.717) is 29.0 Å². The van der Waals surface area contributed by atoms with Crippen LogP contribution in [0, 0.1) is 0 Å². The second-order valence-corrected chi connectivity index (χ2v) is 6.25. The number of esters is 1. The Hall–Kier alpha value is -3.22. The van der Waals surface area contributed by atoms with Gasteiger partial charge in [0.15, 0.2) is 0 Å². The number of aliphatic hydroxyl groups excluding tert-OH is 1. The number of rotatable bonds is 6. The van der Waals surface area contributed by atoms with Gasteiger partial charge in [0.05, 0.1) is 18.3 Å². The number of hydrogen-bond acceptors (Lipinski definition) is 5. The van der Waals surface area contributed by atoms with Gasteiger partial charge in [0, 0.05) is 17.8 Å². The summed E-state index contributed by atoms with van der Waals surface area (Å²) < 4.78 is 4.95. The molecule has 4 N–H and O–H groups in total. The van der Waals surface area contributed by atoms with Crippen molar-refractivity contribution in [3.05, 3.63) is 77.4 Å². The fourth-order valence-electron chi connectivity index (χ4n) is 3.05. The van der Waals surface area contributed by atoms with E-state index in [0.717, 1.165) is 10.8 Å². The summed E-state index contributed by atoms with van der Waals surface area (Å²) in [5, 5.41) is 14.5. The summed E-state index contributed by atoms with van der Waals surface area (Å²) in [7, 11) is 0. The molecule has 0 spiro atoms. The van der Waals surface area contributed by atoms with Crippen molar-refractivity contribution in [2.24, 2.45) is 5.73 Å². The van der Waals surface area contributed by atoms with Crippen molar-refractivity contribution in [1.29, 1.82) is 0 Å². The number of nitrogens with one attached hydrogen (secondary N) is 1. The van der Waals surface area contributed by atoms with Crippen LogP contribution in [0.2, 0.25) is 0 Å². The molecule has 1 atom stereocenters. The topological polar surface area (TPSA) is 102 Å². The van der Waals surface area contributed by atoms with Crippen LogP contribution in [0.3, 0.4) is 0 Å². The summed E-state index contributed by atoms with van der Waals surface area (Å²) in [6.45, 7) is 2.15. The highest BCUT2D eigenvalue weighted by Crippen LogP contribution is 2.27. The van der Waals surface area contributed by atoms with Crippen LogP contribution in [0.5, 0.6) is 0 Å². The van der Waals surface area contributed by atoms with Crippen molar-refractivity contribution in [2.45, 2.75) is 13.0 Å². The Kier molecular flexibility index (Phi) is 6.03. The zero-order valence-corrected chi connectivity index (χ0v) is 15.5. The van der Waals surface area contributed by atoms with E-state index in [4.69, 9.17) is 10.5 Å². The third-order valence-electron chi connectivity index (χ3n) is 4.44. The Bertz CT molecular complexity index is 999. The maximum absolute atomic E-state index is 12.8. The number of carbonyl (C=O) groups is 2. The number of aliphatic hydroxyl groups is 1. The maximum atomic E-state index is 12.8. The molecule has 0 bridgehead atoms. The zero-order chi connectivity index (χ0) is 20.1. The van der Waals surface area contributed by atoms with Gasteiger partial charge in [-0.15, -0.1) is 0 Å². The highest BCUT2D eigenvalue weighted by molar-refractivity contribution is 6.13. The van der Waals surface area contributed by atoms with Crippen molar-refractivity contribution in [1.82, 2.24) is 0 Å². The van der Waals surface area contributed by atoms with E-state index in [1.165, 1.54) is 0 Å². The summed E-state index contributed by atoms with van der Waals surface area (Å²) >= 11 is 0. The number of nitrogens with two attached hydrogens (primary N) is 1. The van der Waals surface area contributed by atoms with Gasteiger partial charge in [-0.2, -0.15) is 0 Å². The molecule has 28 heavy (non-hydrogen) atoms. The second kappa shape index (κ2) is 8.65. The van der Waals surface area contributed by atoms with Gasteiger partial charge in [0.25, 0.3) is 5.91 Å². The average Bonchev–Trinajstić information content (AvgIpc) is 2.73. The summed E-state index contributed by atoms with van der Waals surface area (Å²) in [6, 6.07) is 17.3. The van der Waals surface area contributed by atoms with Crippen molar-refractivity contribution in [2.75, 3.05) is 18.5 Å². The molecular formula is C22H22N2O4. The van der Waals surface area contributed by atoms with Crippen molar-refractivity contribution in [3.8, 4) is 0 Å². The quantitative estimate of drug-likeness (QED) is 0.572. The van der Waals surface area contributed by atoms with Gasteiger partial charge in [-0.05, 0) is 53.6 Å². The van der Waals surface area contributed by atoms with Gasteiger partial charge in [0.2, 0.25) is 0 Å². The van der Waals surface area contributed by atoms with Crippen LogP contribution in [-0.2, 0) is 4.74 Å². The SMILES string of the molecule is CCOC(=O)c1ccc(NC(=O)c2cccc3c(C(O)CN)cccc23)cc1. The van der Waals surface area contributed by atoms with E-state index in [-0.39, 0.29) is 12.5 Å². The van der Waals surface area contributed by atoms with Gasteiger partial charge in [0.1, 0.15) is 0 Å². The van der Waals surface area contributed by atoms with Crippen molar-refractivity contribution < 1.29 is 19.4 Å². The molecule has 6 heteroatoms. The van der Waals surface area contributed by atoms with Gasteiger partial charge in [-0.25, -0.2) is 4.79 Å². The molecule has 3 aromatic rings. The minimum atomic E-state index is -0.794. The van der Waals surface area contributed by atoms with Crippen molar-refractivity contribution in [3.63, 3.8) is 0 Å². The lowest BCUT2D eigenvalue weighted by molar-refractivity contribution is 0.0526. The van der Waals surface area contributed by atoms with Crippen LogP contribution in [0.25, 0.3) is 10.8 Å². The fraction of sp³-hybridized carbons (Fsp3) is 0.182. The van der Waals surface area contributed by atoms with E-state index in [1.807, 2.05) is 12.1 Å². The molecule has 0 saturated heterocycles. The Morgan fingerprint density at radius 2 is 1.71 bits per heavy atom. The minimum Gasteiger partial charge on any atom is -0.462 e. The van der Waals surface area contributed by atoms with Crippen LogP contribution in [0.15, 0.2) is 60.7 Å². The molecule has 0 aliphatic rings. The number of hydrogen-bond donors (Lipinski definition) is 3. The van der Waals surface area contributed by atoms with Crippen LogP contribution in [0.1, 0.15) is 39.3 Å². The number of benzene rings is 3. The standard InChI is InChI=1S/C22H22N2O4/c1-2-28-22(27)14-9-11-15(12-10-14)24-21(26)19-8-4-5-16-17(19)6-3-7-18(16)20(25)13-23/h3-12,20,25H,2,13,23H2,1H3,(H,24,26). The lowest BCUT2D eigenvalue weighted by atomic mass is 9.96. The van der Waals surface area contributed by atoms with E-state index in [9.17, 15) is 14.7 Å². The van der Waals surface area contributed by atoms with E-state index < -0.39 is 12.1 Å². The van der Waals surface area contributed by atoms with Crippen molar-refractivity contribution >= 4 is 28.3 Å². The van der Waals surface area contributed by atoms with Gasteiger partial charge < -0.3 is 20.9 Å². The monoisotopic (exact) mass is 378 g/mol. The molecule has 0 aromatic heterocycles. The first-order valence-corrected chi connectivity index (χ1v) is 9.03. The predicted octanol–water partition coefficient (Wildman–Crippen LogP) is 3.26. The molecule has 0 radical (unpaired) electrons. The van der Waals surface area contributed by atoms with Gasteiger partial charge in [-0.3, -0.25) is 4.79 Å². The lowest BCUT2D eigenvalue weighted by Crippen LogP contribution is -2.14. The first-order chi connectivity index (χ1) is 13.5. The second-order valence-electron chi connectivity index (χ2n) is 6.25. The minimum absolute atomic E-state index is 0.0996. The number of carbonyl (C=O) groups excluding carboxylic acids is 2. The molecule has 1 amide bonds. The first kappa shape index (κ1) is 19.5. The first-order valence-electron chi connectivity index (χ1n) is 9.03. The maximum Gasteiger partial charge on any atom is 0.338 e. The van der Waals surface area contributed by atoms with Crippen LogP contribution in [0.4, 0.5) is 5.69 Å². The highest BCUT2D eigenvalue weighted by atomic mass is 16.5. The van der Waals surface area contributed by atoms with Crippen LogP contribution in [-0.4, -0.2) is 30.1 Å². The summed E-state index contributed by atoms with van der Waals surface area (Å²) in [5.74, 6) is -0.686. The number of fused-ring (bicyclic) bond motifs is 1. The molecule has 0 aliphatic heterocycles. The smallest absolute Gasteiger partial charge is 0.338 e. The highest BCUT2D eigenvalue weighted by Gasteiger charge is 2.15. The molecule has 144 valence electrons. The molecule has 0 heterocycles. The molecule has 3 rings (SSSR count). The molecular weight excluding hydrogens is 356 g/mol. The number of ether oxygens (including phenoxy) is 1. The molecule has 0 fully saturated rings. The fourth-order valence-corrected chi connectivity index (χ4v) is 3.05. The molecule has 6 nitrogen and oxygen atoms in total. The summed E-state index contributed by atoms with van der Waals surface area (Å²) in [5.41, 5.74) is 7.74. The van der Waals surface area contributed by atoms with Gasteiger partial charge >= 0.3 is 5.97 Å². The Balaban J connectivity index is 1.87. The Morgan fingerprint density at radius 1 is 1.04 bits per heavy atom. The van der Waals surface area contributed by atoms with Crippen LogP contribution >= 0.6 is 0 Å². The summed E-state index contributed by atoms with van der Waals surface area (Å²) in [6.07, 6.45) is -0.794. The Labute approximate surface area is 162 Å². The Morgan fingerprint density at radius 3 is 2.39 bits per heavy atom. The van der Waals surface area contributed by atoms with E-state index >= 15 is 0 Å². The largest absolute Gasteiger partial charge is 0.462 e. The molecule has 3 aromatic carbocycles. The normalized spacial score (nSPS) is 11.8. The average molecular weight is 378 g/mol. The van der Waals surface area contributed by atoms with Crippen LogP contribution < -0.4 is 11.1 Å². The number of amides is 1. The zero-order valence-electron chi connectivity index (χ0n) is 15.5. The van der Waals surface area contributed by atoms with E-state index in [1.54, 1.807) is 55.5 Å². The third kappa shape index (κ3) is 4.03. The molecule has 0 saturated carbocycles.